The standard InChI is InChI=1S/C17H19F2NS/c1-3-8-20-11-13-9-12(2)4-7-16(13)21-17-10-14(18)5-6-15(17)19/h4-7,9-10,20H,3,8,11H2,1-2H3. The Hall–Kier alpha value is -1.39. The molecule has 0 saturated heterocycles. The quantitative estimate of drug-likeness (QED) is 0.760. The Labute approximate surface area is 128 Å². The van der Waals surface area contributed by atoms with Crippen molar-refractivity contribution in [1.29, 1.82) is 0 Å². The molecule has 0 fully saturated rings. The van der Waals surface area contributed by atoms with Gasteiger partial charge in [-0.3, -0.25) is 0 Å². The van der Waals surface area contributed by atoms with Crippen LogP contribution in [0.15, 0.2) is 46.2 Å². The summed E-state index contributed by atoms with van der Waals surface area (Å²) in [6.07, 6.45) is 1.06. The van der Waals surface area contributed by atoms with Crippen molar-refractivity contribution in [3.05, 3.63) is 59.2 Å². The summed E-state index contributed by atoms with van der Waals surface area (Å²) in [5.74, 6) is -0.814. The van der Waals surface area contributed by atoms with Gasteiger partial charge in [0.1, 0.15) is 11.6 Å². The maximum absolute atomic E-state index is 13.8. The van der Waals surface area contributed by atoms with Gasteiger partial charge >= 0.3 is 0 Å². The number of halogens is 2. The molecule has 0 aliphatic carbocycles. The summed E-state index contributed by atoms with van der Waals surface area (Å²) in [5.41, 5.74) is 2.27. The van der Waals surface area contributed by atoms with Crippen LogP contribution in [0.1, 0.15) is 24.5 Å². The summed E-state index contributed by atoms with van der Waals surface area (Å²) in [6, 6.07) is 9.58. The average molecular weight is 307 g/mol. The van der Waals surface area contributed by atoms with E-state index in [0.29, 0.717) is 4.90 Å². The van der Waals surface area contributed by atoms with Crippen LogP contribution in [-0.2, 0) is 6.54 Å². The second kappa shape index (κ2) is 7.57. The molecule has 0 aliphatic rings. The Morgan fingerprint density at radius 1 is 1.05 bits per heavy atom. The molecule has 1 N–H and O–H groups in total. The lowest BCUT2D eigenvalue weighted by atomic mass is 10.1. The van der Waals surface area contributed by atoms with E-state index < -0.39 is 11.6 Å². The Morgan fingerprint density at radius 2 is 1.86 bits per heavy atom. The molecule has 0 heterocycles. The lowest BCUT2D eigenvalue weighted by Gasteiger charge is -2.12. The van der Waals surface area contributed by atoms with Crippen LogP contribution in [0.3, 0.4) is 0 Å². The first-order valence-electron chi connectivity index (χ1n) is 7.03. The van der Waals surface area contributed by atoms with Crippen molar-refractivity contribution in [1.82, 2.24) is 5.32 Å². The van der Waals surface area contributed by atoms with Crippen LogP contribution in [0.2, 0.25) is 0 Å². The lowest BCUT2D eigenvalue weighted by Crippen LogP contribution is -2.14. The molecular weight excluding hydrogens is 288 g/mol. The van der Waals surface area contributed by atoms with Crippen LogP contribution in [0, 0.1) is 18.6 Å². The molecule has 0 saturated carbocycles. The van der Waals surface area contributed by atoms with Gasteiger partial charge in [-0.2, -0.15) is 0 Å². The van der Waals surface area contributed by atoms with Crippen molar-refractivity contribution >= 4 is 11.8 Å². The largest absolute Gasteiger partial charge is 0.313 e. The molecule has 1 nitrogen and oxygen atoms in total. The SMILES string of the molecule is CCCNCc1cc(C)ccc1Sc1cc(F)ccc1F. The molecule has 112 valence electrons. The molecule has 0 spiro atoms. The third-order valence-electron chi connectivity index (χ3n) is 3.07. The summed E-state index contributed by atoms with van der Waals surface area (Å²) in [5, 5.41) is 3.35. The first kappa shape index (κ1) is 16.0. The number of aryl methyl sites for hydroxylation is 1. The molecule has 0 unspecified atom stereocenters. The molecule has 0 radical (unpaired) electrons. The van der Waals surface area contributed by atoms with E-state index >= 15 is 0 Å². The Bertz CT molecular complexity index is 614. The molecule has 2 rings (SSSR count). The minimum Gasteiger partial charge on any atom is -0.313 e. The zero-order valence-electron chi connectivity index (χ0n) is 12.2. The van der Waals surface area contributed by atoms with Gasteiger partial charge in [0, 0.05) is 11.4 Å². The lowest BCUT2D eigenvalue weighted by molar-refractivity contribution is 0.577. The zero-order chi connectivity index (χ0) is 15.2. The second-order valence-corrected chi connectivity index (χ2v) is 6.05. The van der Waals surface area contributed by atoms with Crippen LogP contribution >= 0.6 is 11.8 Å². The monoisotopic (exact) mass is 307 g/mol. The Morgan fingerprint density at radius 3 is 2.62 bits per heavy atom. The predicted molar refractivity (Wildman–Crippen MR) is 83.7 cm³/mol. The van der Waals surface area contributed by atoms with Crippen molar-refractivity contribution in [2.75, 3.05) is 6.54 Å². The summed E-state index contributed by atoms with van der Waals surface area (Å²) in [7, 11) is 0. The molecule has 2 aromatic carbocycles. The molecule has 0 bridgehead atoms. The summed E-state index contributed by atoms with van der Waals surface area (Å²) < 4.78 is 27.0. The molecule has 2 aromatic rings. The van der Waals surface area contributed by atoms with E-state index in [4.69, 9.17) is 0 Å². The fourth-order valence-electron chi connectivity index (χ4n) is 2.02. The molecule has 0 aromatic heterocycles. The summed E-state index contributed by atoms with van der Waals surface area (Å²) in [4.78, 5) is 1.27. The minimum absolute atomic E-state index is 0.315. The summed E-state index contributed by atoms with van der Waals surface area (Å²) in [6.45, 7) is 5.81. The van der Waals surface area contributed by atoms with E-state index in [0.717, 1.165) is 41.6 Å². The van der Waals surface area contributed by atoms with E-state index in [-0.39, 0.29) is 0 Å². The van der Waals surface area contributed by atoms with Crippen LogP contribution in [0.4, 0.5) is 8.78 Å². The average Bonchev–Trinajstić information content (AvgIpc) is 2.46. The van der Waals surface area contributed by atoms with E-state index in [9.17, 15) is 8.78 Å². The Balaban J connectivity index is 2.24. The highest BCUT2D eigenvalue weighted by Crippen LogP contribution is 2.33. The van der Waals surface area contributed by atoms with E-state index in [1.807, 2.05) is 19.1 Å². The van der Waals surface area contributed by atoms with Crippen LogP contribution in [-0.4, -0.2) is 6.54 Å². The first-order chi connectivity index (χ1) is 10.1. The predicted octanol–water partition coefficient (Wildman–Crippen LogP) is 4.92. The third-order valence-corrected chi connectivity index (χ3v) is 4.22. The van der Waals surface area contributed by atoms with E-state index in [1.165, 1.54) is 23.9 Å². The van der Waals surface area contributed by atoms with Gasteiger partial charge in [0.2, 0.25) is 0 Å². The normalized spacial score (nSPS) is 10.9. The number of benzene rings is 2. The van der Waals surface area contributed by atoms with Crippen LogP contribution in [0.25, 0.3) is 0 Å². The topological polar surface area (TPSA) is 12.0 Å². The number of hydrogen-bond acceptors (Lipinski definition) is 2. The summed E-state index contributed by atoms with van der Waals surface area (Å²) >= 11 is 1.27. The molecule has 4 heteroatoms. The van der Waals surface area contributed by atoms with Crippen molar-refractivity contribution in [3.63, 3.8) is 0 Å². The van der Waals surface area contributed by atoms with Gasteiger partial charge in [0.15, 0.2) is 0 Å². The molecule has 0 aliphatic heterocycles. The minimum atomic E-state index is -0.420. The van der Waals surface area contributed by atoms with Crippen molar-refractivity contribution in [2.24, 2.45) is 0 Å². The van der Waals surface area contributed by atoms with Gasteiger partial charge in [0.25, 0.3) is 0 Å². The second-order valence-electron chi connectivity index (χ2n) is 4.96. The van der Waals surface area contributed by atoms with Gasteiger partial charge < -0.3 is 5.32 Å². The third kappa shape index (κ3) is 4.55. The Kier molecular flexibility index (Phi) is 5.76. The fourth-order valence-corrected chi connectivity index (χ4v) is 2.99. The van der Waals surface area contributed by atoms with E-state index in [1.54, 1.807) is 0 Å². The van der Waals surface area contributed by atoms with Gasteiger partial charge in [0.05, 0.1) is 4.90 Å². The number of nitrogens with one attached hydrogen (secondary N) is 1. The highest BCUT2D eigenvalue weighted by Gasteiger charge is 2.09. The number of hydrogen-bond donors (Lipinski definition) is 1. The molecule has 0 atom stereocenters. The van der Waals surface area contributed by atoms with Gasteiger partial charge in [-0.15, -0.1) is 0 Å². The molecule has 0 amide bonds. The van der Waals surface area contributed by atoms with Crippen molar-refractivity contribution in [3.8, 4) is 0 Å². The maximum Gasteiger partial charge on any atom is 0.137 e. The van der Waals surface area contributed by atoms with Crippen LogP contribution in [0.5, 0.6) is 0 Å². The first-order valence-corrected chi connectivity index (χ1v) is 7.85. The smallest absolute Gasteiger partial charge is 0.137 e. The van der Waals surface area contributed by atoms with Gasteiger partial charge in [-0.1, -0.05) is 36.4 Å². The highest BCUT2D eigenvalue weighted by atomic mass is 32.2. The van der Waals surface area contributed by atoms with Crippen molar-refractivity contribution < 1.29 is 8.78 Å². The molecular formula is C17H19F2NS. The number of rotatable bonds is 6. The van der Waals surface area contributed by atoms with Crippen LogP contribution < -0.4 is 5.32 Å². The zero-order valence-corrected chi connectivity index (χ0v) is 13.1. The van der Waals surface area contributed by atoms with Gasteiger partial charge in [-0.05, 0) is 49.7 Å². The van der Waals surface area contributed by atoms with E-state index in [2.05, 4.69) is 18.3 Å². The van der Waals surface area contributed by atoms with Crippen molar-refractivity contribution in [2.45, 2.75) is 36.6 Å². The molecule has 21 heavy (non-hydrogen) atoms. The highest BCUT2D eigenvalue weighted by molar-refractivity contribution is 7.99. The van der Waals surface area contributed by atoms with Gasteiger partial charge in [-0.25, -0.2) is 8.78 Å². The maximum atomic E-state index is 13.8. The fraction of sp³-hybridized carbons (Fsp3) is 0.294.